The van der Waals surface area contributed by atoms with Gasteiger partial charge in [0.2, 0.25) is 5.91 Å². The Labute approximate surface area is 92.0 Å². The van der Waals surface area contributed by atoms with E-state index in [1.807, 2.05) is 0 Å². The van der Waals surface area contributed by atoms with E-state index in [0.717, 1.165) is 0 Å². The van der Waals surface area contributed by atoms with Gasteiger partial charge in [0.15, 0.2) is 0 Å². The average Bonchev–Trinajstić information content (AvgIpc) is 2.37. The lowest BCUT2D eigenvalue weighted by Crippen LogP contribution is -2.43. The second kappa shape index (κ2) is 5.49. The van der Waals surface area contributed by atoms with Gasteiger partial charge in [0, 0.05) is 26.2 Å². The van der Waals surface area contributed by atoms with Crippen LogP contribution in [0, 0.1) is 5.92 Å². The van der Waals surface area contributed by atoms with Crippen molar-refractivity contribution in [2.24, 2.45) is 11.7 Å². The highest BCUT2D eigenvalue weighted by molar-refractivity contribution is 5.78. The lowest BCUT2D eigenvalue weighted by Gasteiger charge is -2.26. The predicted molar refractivity (Wildman–Crippen MR) is 52.7 cm³/mol. The monoisotopic (exact) mass is 239 g/mol. The van der Waals surface area contributed by atoms with Crippen LogP contribution in [0.2, 0.25) is 0 Å². The summed E-state index contributed by atoms with van der Waals surface area (Å²) >= 11 is 0. The number of halogens is 3. The van der Waals surface area contributed by atoms with E-state index in [4.69, 9.17) is 5.73 Å². The molecule has 0 saturated carbocycles. The van der Waals surface area contributed by atoms with Crippen molar-refractivity contribution < 1.29 is 18.0 Å². The van der Waals surface area contributed by atoms with Crippen molar-refractivity contribution in [1.82, 2.24) is 10.2 Å². The van der Waals surface area contributed by atoms with E-state index in [1.54, 1.807) is 0 Å². The molecule has 3 N–H and O–H groups in total. The molecule has 1 aliphatic rings. The summed E-state index contributed by atoms with van der Waals surface area (Å²) in [6.07, 6.45) is -3.63. The Morgan fingerprint density at radius 3 is 2.75 bits per heavy atom. The third-order valence-electron chi connectivity index (χ3n) is 2.57. The van der Waals surface area contributed by atoms with E-state index < -0.39 is 18.6 Å². The van der Waals surface area contributed by atoms with Crippen molar-refractivity contribution in [2.75, 3.05) is 32.7 Å². The molecule has 1 heterocycles. The molecule has 1 aliphatic heterocycles. The van der Waals surface area contributed by atoms with Crippen LogP contribution >= 0.6 is 0 Å². The number of hydrogen-bond donors (Lipinski definition) is 2. The largest absolute Gasteiger partial charge is 0.394 e. The van der Waals surface area contributed by atoms with E-state index >= 15 is 0 Å². The van der Waals surface area contributed by atoms with Crippen molar-refractivity contribution in [2.45, 2.75) is 12.6 Å². The van der Waals surface area contributed by atoms with E-state index in [2.05, 4.69) is 5.32 Å². The maximum atomic E-state index is 12.5. The number of amides is 1. The number of hydrogen-bond acceptors (Lipinski definition) is 3. The van der Waals surface area contributed by atoms with Crippen LogP contribution in [0.4, 0.5) is 13.2 Å². The maximum absolute atomic E-state index is 12.5. The van der Waals surface area contributed by atoms with Gasteiger partial charge < -0.3 is 11.1 Å². The maximum Gasteiger partial charge on any atom is 0.394 e. The van der Waals surface area contributed by atoms with Crippen molar-refractivity contribution >= 4 is 5.91 Å². The normalized spacial score (nSPS) is 21.4. The average molecular weight is 239 g/mol. The Kier molecular flexibility index (Phi) is 4.55. The SMILES string of the molecule is NCC(CN1CCCNC(=O)C1)C(F)(F)F. The summed E-state index contributed by atoms with van der Waals surface area (Å²) in [6.45, 7) is 0.390. The minimum Gasteiger partial charge on any atom is -0.355 e. The summed E-state index contributed by atoms with van der Waals surface area (Å²) in [6, 6.07) is 0. The molecule has 1 atom stereocenters. The number of carbonyl (C=O) groups excluding carboxylic acids is 1. The highest BCUT2D eigenvalue weighted by atomic mass is 19.4. The number of rotatable bonds is 3. The molecule has 0 aromatic rings. The van der Waals surface area contributed by atoms with Crippen LogP contribution in [-0.2, 0) is 4.79 Å². The second-order valence-corrected chi connectivity index (χ2v) is 3.91. The molecule has 1 amide bonds. The Hall–Kier alpha value is -0.820. The number of nitrogens with two attached hydrogens (primary N) is 1. The van der Waals surface area contributed by atoms with Crippen molar-refractivity contribution in [3.8, 4) is 0 Å². The predicted octanol–water partition coefficient (Wildman–Crippen LogP) is -0.0545. The van der Waals surface area contributed by atoms with Crippen molar-refractivity contribution in [3.05, 3.63) is 0 Å². The van der Waals surface area contributed by atoms with E-state index in [1.165, 1.54) is 4.90 Å². The summed E-state index contributed by atoms with van der Waals surface area (Å²) in [5.41, 5.74) is 5.10. The lowest BCUT2D eigenvalue weighted by atomic mass is 10.1. The van der Waals surface area contributed by atoms with Gasteiger partial charge in [-0.2, -0.15) is 13.2 Å². The van der Waals surface area contributed by atoms with E-state index in [9.17, 15) is 18.0 Å². The zero-order chi connectivity index (χ0) is 12.2. The molecule has 1 unspecified atom stereocenters. The van der Waals surface area contributed by atoms with Crippen LogP contribution in [0.3, 0.4) is 0 Å². The Morgan fingerprint density at radius 2 is 2.19 bits per heavy atom. The topological polar surface area (TPSA) is 58.4 Å². The minimum absolute atomic E-state index is 0.0204. The Balaban J connectivity index is 2.53. The molecule has 16 heavy (non-hydrogen) atoms. The molecule has 1 saturated heterocycles. The summed E-state index contributed by atoms with van der Waals surface area (Å²) < 4.78 is 37.4. The third kappa shape index (κ3) is 3.97. The zero-order valence-electron chi connectivity index (χ0n) is 8.89. The van der Waals surface area contributed by atoms with Crippen LogP contribution < -0.4 is 11.1 Å². The molecule has 94 valence electrons. The first-order valence-corrected chi connectivity index (χ1v) is 5.19. The molecular weight excluding hydrogens is 223 g/mol. The molecular formula is C9H16F3N3O. The Bertz CT molecular complexity index is 245. The van der Waals surface area contributed by atoms with Gasteiger partial charge in [0.1, 0.15) is 0 Å². The molecule has 0 spiro atoms. The summed E-state index contributed by atoms with van der Waals surface area (Å²) in [5.74, 6) is -1.78. The highest BCUT2D eigenvalue weighted by Crippen LogP contribution is 2.26. The van der Waals surface area contributed by atoms with Crippen molar-refractivity contribution in [1.29, 1.82) is 0 Å². The summed E-state index contributed by atoms with van der Waals surface area (Å²) in [7, 11) is 0. The van der Waals surface area contributed by atoms with Crippen LogP contribution in [0.5, 0.6) is 0 Å². The molecule has 7 heteroatoms. The molecule has 1 fully saturated rings. The first-order chi connectivity index (χ1) is 7.43. The van der Waals surface area contributed by atoms with Crippen LogP contribution in [0.25, 0.3) is 0 Å². The van der Waals surface area contributed by atoms with Gasteiger partial charge in [0.25, 0.3) is 0 Å². The van der Waals surface area contributed by atoms with E-state index in [-0.39, 0.29) is 19.0 Å². The quantitative estimate of drug-likeness (QED) is 0.725. The second-order valence-electron chi connectivity index (χ2n) is 3.91. The fourth-order valence-electron chi connectivity index (χ4n) is 1.65. The molecule has 0 aliphatic carbocycles. The highest BCUT2D eigenvalue weighted by Gasteiger charge is 2.39. The Morgan fingerprint density at radius 1 is 1.50 bits per heavy atom. The number of alkyl halides is 3. The number of carbonyl (C=O) groups is 1. The zero-order valence-corrected chi connectivity index (χ0v) is 8.89. The fourth-order valence-corrected chi connectivity index (χ4v) is 1.65. The first kappa shape index (κ1) is 13.2. The fraction of sp³-hybridized carbons (Fsp3) is 0.889. The van der Waals surface area contributed by atoms with Crippen LogP contribution in [-0.4, -0.2) is 49.7 Å². The standard InChI is InChI=1S/C9H16F3N3O/c10-9(11,12)7(4-13)5-15-3-1-2-14-8(16)6-15/h7H,1-6,13H2,(H,14,16). The number of nitrogens with zero attached hydrogens (tertiary/aromatic N) is 1. The summed E-state index contributed by atoms with van der Waals surface area (Å²) in [5, 5.41) is 2.61. The lowest BCUT2D eigenvalue weighted by molar-refractivity contribution is -0.176. The van der Waals surface area contributed by atoms with Gasteiger partial charge in [0.05, 0.1) is 12.5 Å². The minimum atomic E-state index is -4.29. The van der Waals surface area contributed by atoms with Crippen LogP contribution in [0.15, 0.2) is 0 Å². The third-order valence-corrected chi connectivity index (χ3v) is 2.57. The number of nitrogens with one attached hydrogen (secondary N) is 1. The first-order valence-electron chi connectivity index (χ1n) is 5.19. The smallest absolute Gasteiger partial charge is 0.355 e. The van der Waals surface area contributed by atoms with E-state index in [0.29, 0.717) is 19.5 Å². The molecule has 0 radical (unpaired) electrons. The molecule has 0 bridgehead atoms. The summed E-state index contributed by atoms with van der Waals surface area (Å²) in [4.78, 5) is 12.7. The molecule has 0 aromatic heterocycles. The van der Waals surface area contributed by atoms with Gasteiger partial charge in [-0.15, -0.1) is 0 Å². The van der Waals surface area contributed by atoms with Crippen LogP contribution in [0.1, 0.15) is 6.42 Å². The molecule has 0 aromatic carbocycles. The molecule has 4 nitrogen and oxygen atoms in total. The van der Waals surface area contributed by atoms with Gasteiger partial charge in [-0.3, -0.25) is 9.69 Å². The van der Waals surface area contributed by atoms with Gasteiger partial charge in [-0.25, -0.2) is 0 Å². The van der Waals surface area contributed by atoms with Gasteiger partial charge in [-0.05, 0) is 6.42 Å². The van der Waals surface area contributed by atoms with Gasteiger partial charge >= 0.3 is 6.18 Å². The molecule has 1 rings (SSSR count). The van der Waals surface area contributed by atoms with Gasteiger partial charge in [-0.1, -0.05) is 0 Å². The van der Waals surface area contributed by atoms with Crippen molar-refractivity contribution in [3.63, 3.8) is 0 Å².